The van der Waals surface area contributed by atoms with Crippen molar-refractivity contribution in [2.75, 3.05) is 13.1 Å². The zero-order chi connectivity index (χ0) is 14.4. The van der Waals surface area contributed by atoms with Gasteiger partial charge in [-0.25, -0.2) is 0 Å². The summed E-state index contributed by atoms with van der Waals surface area (Å²) >= 11 is 0. The van der Waals surface area contributed by atoms with Gasteiger partial charge in [-0.1, -0.05) is 26.5 Å². The normalized spacial score (nSPS) is 15.3. The van der Waals surface area contributed by atoms with Crippen LogP contribution in [0.2, 0.25) is 0 Å². The fourth-order valence-corrected chi connectivity index (χ4v) is 2.46. The first-order valence-electron chi connectivity index (χ1n) is 7.29. The Kier molecular flexibility index (Phi) is 6.07. The average Bonchev–Trinajstić information content (AvgIpc) is 2.63. The van der Waals surface area contributed by atoms with Gasteiger partial charge in [-0.15, -0.1) is 0 Å². The minimum Gasteiger partial charge on any atom is -0.367 e. The molecule has 0 spiro atoms. The maximum atomic E-state index is 11.0. The smallest absolute Gasteiger partial charge is 0.129 e. The number of hydrogen-bond donors (Lipinski definition) is 0. The van der Waals surface area contributed by atoms with E-state index in [-0.39, 0.29) is 5.78 Å². The molecule has 0 unspecified atom stereocenters. The molecule has 0 aromatic heterocycles. The minimum atomic E-state index is 0.263. The number of ketones is 1. The summed E-state index contributed by atoms with van der Waals surface area (Å²) in [6.45, 7) is 16.4. The highest BCUT2D eigenvalue weighted by atomic mass is 16.1. The summed E-state index contributed by atoms with van der Waals surface area (Å²) in [5.41, 5.74) is 4.95. The minimum absolute atomic E-state index is 0.263. The lowest BCUT2D eigenvalue weighted by Crippen LogP contribution is -2.20. The maximum Gasteiger partial charge on any atom is 0.129 e. The van der Waals surface area contributed by atoms with Crippen LogP contribution in [-0.4, -0.2) is 23.8 Å². The van der Waals surface area contributed by atoms with Crippen molar-refractivity contribution in [1.29, 1.82) is 0 Å². The Hall–Kier alpha value is -1.31. The number of nitrogens with zero attached hydrogens (tertiary/aromatic N) is 1. The van der Waals surface area contributed by atoms with Gasteiger partial charge in [-0.2, -0.15) is 0 Å². The van der Waals surface area contributed by atoms with Gasteiger partial charge in [0.15, 0.2) is 0 Å². The molecular formula is C17H27NO. The second kappa shape index (κ2) is 7.32. The van der Waals surface area contributed by atoms with Crippen LogP contribution in [0.4, 0.5) is 0 Å². The summed E-state index contributed by atoms with van der Waals surface area (Å²) in [6, 6.07) is 0. The molecule has 1 rings (SSSR count). The molecule has 0 amide bonds. The average molecular weight is 261 g/mol. The molecule has 0 fully saturated rings. The van der Waals surface area contributed by atoms with E-state index in [0.717, 1.165) is 31.6 Å². The first kappa shape index (κ1) is 15.7. The molecule has 0 saturated carbocycles. The van der Waals surface area contributed by atoms with E-state index in [2.05, 4.69) is 31.9 Å². The van der Waals surface area contributed by atoms with Crippen LogP contribution in [0.5, 0.6) is 0 Å². The van der Waals surface area contributed by atoms with Crippen molar-refractivity contribution >= 4 is 5.78 Å². The quantitative estimate of drug-likeness (QED) is 0.651. The van der Waals surface area contributed by atoms with E-state index in [1.54, 1.807) is 6.92 Å². The van der Waals surface area contributed by atoms with Crippen molar-refractivity contribution in [3.05, 3.63) is 35.6 Å². The molecule has 0 radical (unpaired) electrons. The Morgan fingerprint density at radius 2 is 2.00 bits per heavy atom. The standard InChI is InChI=1S/C17H27NO/c1-6-7-11-18-12-17(15(4)16(18)5)13(2)9-8-10-14(3)19/h2,5-12H2,1,3-4H3. The fraction of sp³-hybridized carbons (Fsp3) is 0.588. The lowest BCUT2D eigenvalue weighted by Gasteiger charge is -2.20. The Bertz CT molecular complexity index is 403. The van der Waals surface area contributed by atoms with Gasteiger partial charge in [0.25, 0.3) is 0 Å². The fourth-order valence-electron chi connectivity index (χ4n) is 2.46. The van der Waals surface area contributed by atoms with Crippen LogP contribution in [0.3, 0.4) is 0 Å². The molecule has 1 aliphatic heterocycles. The summed E-state index contributed by atoms with van der Waals surface area (Å²) in [5.74, 6) is 0.263. The van der Waals surface area contributed by atoms with Gasteiger partial charge in [-0.05, 0) is 49.8 Å². The molecule has 0 aliphatic carbocycles. The van der Waals surface area contributed by atoms with Crippen molar-refractivity contribution < 1.29 is 4.79 Å². The SMILES string of the molecule is C=C(CCCC(C)=O)C1=C(C)C(=C)N(CCCC)C1. The predicted molar refractivity (Wildman–Crippen MR) is 82.0 cm³/mol. The third-order valence-corrected chi connectivity index (χ3v) is 3.83. The molecule has 0 aromatic carbocycles. The highest BCUT2D eigenvalue weighted by Gasteiger charge is 2.23. The Morgan fingerprint density at radius 3 is 2.58 bits per heavy atom. The highest BCUT2D eigenvalue weighted by molar-refractivity contribution is 5.75. The van der Waals surface area contributed by atoms with Crippen molar-refractivity contribution in [3.8, 4) is 0 Å². The zero-order valence-corrected chi connectivity index (χ0v) is 12.7. The molecule has 1 heterocycles. The molecule has 19 heavy (non-hydrogen) atoms. The van der Waals surface area contributed by atoms with Crippen molar-refractivity contribution in [1.82, 2.24) is 4.90 Å². The van der Waals surface area contributed by atoms with Gasteiger partial charge in [0.05, 0.1) is 0 Å². The van der Waals surface area contributed by atoms with Crippen LogP contribution in [0.1, 0.15) is 52.9 Å². The topological polar surface area (TPSA) is 20.3 Å². The van der Waals surface area contributed by atoms with Crippen molar-refractivity contribution in [2.45, 2.75) is 52.9 Å². The largest absolute Gasteiger partial charge is 0.367 e. The molecule has 0 N–H and O–H groups in total. The van der Waals surface area contributed by atoms with Crippen LogP contribution in [0, 0.1) is 0 Å². The lowest BCUT2D eigenvalue weighted by molar-refractivity contribution is -0.117. The summed E-state index contributed by atoms with van der Waals surface area (Å²) < 4.78 is 0. The summed E-state index contributed by atoms with van der Waals surface area (Å²) in [7, 11) is 0. The van der Waals surface area contributed by atoms with E-state index >= 15 is 0 Å². The highest BCUT2D eigenvalue weighted by Crippen LogP contribution is 2.32. The number of Topliss-reactive ketones (excluding diaryl/α,β-unsaturated/α-hetero) is 1. The summed E-state index contributed by atoms with van der Waals surface area (Å²) in [6.07, 6.45) is 4.90. The van der Waals surface area contributed by atoms with E-state index in [0.29, 0.717) is 6.42 Å². The van der Waals surface area contributed by atoms with Crippen molar-refractivity contribution in [3.63, 3.8) is 0 Å². The maximum absolute atomic E-state index is 11.0. The first-order valence-corrected chi connectivity index (χ1v) is 7.29. The summed E-state index contributed by atoms with van der Waals surface area (Å²) in [4.78, 5) is 13.3. The number of allylic oxidation sites excluding steroid dienone is 1. The second-order valence-electron chi connectivity index (χ2n) is 5.48. The van der Waals surface area contributed by atoms with Gasteiger partial charge < -0.3 is 9.69 Å². The van der Waals surface area contributed by atoms with Crippen LogP contribution in [0.15, 0.2) is 35.6 Å². The first-order chi connectivity index (χ1) is 8.97. The number of carbonyl (C=O) groups is 1. The predicted octanol–water partition coefficient (Wildman–Crippen LogP) is 4.25. The van der Waals surface area contributed by atoms with Crippen LogP contribution >= 0.6 is 0 Å². The van der Waals surface area contributed by atoms with Gasteiger partial charge >= 0.3 is 0 Å². The number of unbranched alkanes of at least 4 members (excludes halogenated alkanes) is 1. The third kappa shape index (κ3) is 4.38. The molecule has 0 atom stereocenters. The molecule has 106 valence electrons. The third-order valence-electron chi connectivity index (χ3n) is 3.83. The van der Waals surface area contributed by atoms with Gasteiger partial charge in [0, 0.05) is 25.2 Å². The summed E-state index contributed by atoms with van der Waals surface area (Å²) in [5, 5.41) is 0. The van der Waals surface area contributed by atoms with Crippen LogP contribution in [0.25, 0.3) is 0 Å². The zero-order valence-electron chi connectivity index (χ0n) is 12.7. The van der Waals surface area contributed by atoms with E-state index in [9.17, 15) is 4.79 Å². The molecule has 2 nitrogen and oxygen atoms in total. The number of hydrogen-bond acceptors (Lipinski definition) is 2. The Balaban J connectivity index is 2.55. The molecule has 0 saturated heterocycles. The van der Waals surface area contributed by atoms with Gasteiger partial charge in [-0.3, -0.25) is 0 Å². The van der Waals surface area contributed by atoms with E-state index in [1.807, 2.05) is 0 Å². The van der Waals surface area contributed by atoms with Crippen molar-refractivity contribution in [2.24, 2.45) is 0 Å². The molecule has 0 bridgehead atoms. The van der Waals surface area contributed by atoms with E-state index in [1.165, 1.54) is 29.6 Å². The number of rotatable bonds is 8. The van der Waals surface area contributed by atoms with Crippen LogP contribution in [-0.2, 0) is 4.79 Å². The molecule has 1 aliphatic rings. The number of carbonyl (C=O) groups excluding carboxylic acids is 1. The van der Waals surface area contributed by atoms with E-state index in [4.69, 9.17) is 0 Å². The molecular weight excluding hydrogens is 234 g/mol. The lowest BCUT2D eigenvalue weighted by atomic mass is 9.98. The monoisotopic (exact) mass is 261 g/mol. The molecule has 2 heteroatoms. The molecule has 0 aromatic rings. The van der Waals surface area contributed by atoms with E-state index < -0.39 is 0 Å². The van der Waals surface area contributed by atoms with Gasteiger partial charge in [0.1, 0.15) is 5.78 Å². The Labute approximate surface area is 117 Å². The van der Waals surface area contributed by atoms with Crippen LogP contribution < -0.4 is 0 Å². The second-order valence-corrected chi connectivity index (χ2v) is 5.48. The van der Waals surface area contributed by atoms with Gasteiger partial charge in [0.2, 0.25) is 0 Å². The Morgan fingerprint density at radius 1 is 1.32 bits per heavy atom.